The maximum Gasteiger partial charge on any atom is 0.209 e. The van der Waals surface area contributed by atoms with Crippen molar-refractivity contribution in [2.75, 3.05) is 33.2 Å². The Morgan fingerprint density at radius 1 is 1.09 bits per heavy atom. The number of hydrogen-bond donors (Lipinski definition) is 2. The van der Waals surface area contributed by atoms with Crippen LogP contribution in [0.15, 0.2) is 0 Å². The van der Waals surface area contributed by atoms with E-state index in [0.717, 1.165) is 5.82 Å². The maximum atomic E-state index is 4.51. The highest BCUT2D eigenvalue weighted by Gasteiger charge is 2.35. The summed E-state index contributed by atoms with van der Waals surface area (Å²) in [6.45, 7) is 9.64. The molecule has 0 spiro atoms. The van der Waals surface area contributed by atoms with Gasteiger partial charge in [0, 0.05) is 6.42 Å². The Balaban J connectivity index is 1.80. The van der Waals surface area contributed by atoms with Crippen molar-refractivity contribution in [3.63, 3.8) is 0 Å². The number of piperazine rings is 1. The topological polar surface area (TPSA) is 52.5 Å². The van der Waals surface area contributed by atoms with Crippen LogP contribution >= 0.6 is 0 Å². The molecule has 1 aliphatic carbocycles. The molecule has 0 aromatic carbocycles. The van der Waals surface area contributed by atoms with Crippen molar-refractivity contribution in [2.45, 2.75) is 64.5 Å². The van der Waals surface area contributed by atoms with Crippen LogP contribution in [0.5, 0.6) is 0 Å². The van der Waals surface area contributed by atoms with Crippen molar-refractivity contribution in [3.05, 3.63) is 5.82 Å². The third-order valence-corrected chi connectivity index (χ3v) is 5.70. The summed E-state index contributed by atoms with van der Waals surface area (Å²) >= 11 is 0. The van der Waals surface area contributed by atoms with Gasteiger partial charge in [0.2, 0.25) is 5.82 Å². The zero-order valence-electron chi connectivity index (χ0n) is 15.1. The van der Waals surface area contributed by atoms with E-state index in [-0.39, 0.29) is 0 Å². The van der Waals surface area contributed by atoms with Crippen molar-refractivity contribution < 1.29 is 9.80 Å². The Labute approximate surface area is 140 Å². The summed E-state index contributed by atoms with van der Waals surface area (Å²) in [5.74, 6) is 1.83. The SMILES string of the molecule is CC(C)C[C@H](c1nnnn1C1CCCCC1)[NH+]1CC[NH+](C)CC1. The Morgan fingerprint density at radius 2 is 1.78 bits per heavy atom. The molecule has 2 fully saturated rings. The predicted molar refractivity (Wildman–Crippen MR) is 89.5 cm³/mol. The van der Waals surface area contributed by atoms with Crippen LogP contribution in [0.3, 0.4) is 0 Å². The third-order valence-electron chi connectivity index (χ3n) is 5.70. The van der Waals surface area contributed by atoms with Gasteiger partial charge in [-0.2, -0.15) is 0 Å². The lowest BCUT2D eigenvalue weighted by Crippen LogP contribution is -3.27. The van der Waals surface area contributed by atoms with Crippen LogP contribution in [0.1, 0.15) is 70.3 Å². The van der Waals surface area contributed by atoms with E-state index in [9.17, 15) is 0 Å². The summed E-state index contributed by atoms with van der Waals surface area (Å²) in [7, 11) is 2.31. The Hall–Kier alpha value is -1.01. The molecule has 0 radical (unpaired) electrons. The van der Waals surface area contributed by atoms with Gasteiger partial charge in [-0.05, 0) is 29.2 Å². The molecular weight excluding hydrogens is 288 g/mol. The van der Waals surface area contributed by atoms with Crippen molar-refractivity contribution in [3.8, 4) is 0 Å². The fourth-order valence-corrected chi connectivity index (χ4v) is 4.29. The first-order chi connectivity index (χ1) is 11.1. The first-order valence-corrected chi connectivity index (χ1v) is 9.58. The van der Waals surface area contributed by atoms with E-state index < -0.39 is 0 Å². The number of tetrazole rings is 1. The number of aromatic nitrogens is 4. The van der Waals surface area contributed by atoms with Gasteiger partial charge in [0.25, 0.3) is 0 Å². The molecule has 0 bridgehead atoms. The van der Waals surface area contributed by atoms with E-state index in [2.05, 4.69) is 41.1 Å². The summed E-state index contributed by atoms with van der Waals surface area (Å²) in [5.41, 5.74) is 0. The second kappa shape index (κ2) is 7.71. The molecule has 3 rings (SSSR count). The normalized spacial score (nSPS) is 28.2. The van der Waals surface area contributed by atoms with E-state index in [1.807, 2.05) is 0 Å². The van der Waals surface area contributed by atoms with E-state index in [4.69, 9.17) is 0 Å². The molecule has 1 aromatic rings. The van der Waals surface area contributed by atoms with Crippen molar-refractivity contribution in [1.29, 1.82) is 0 Å². The fourth-order valence-electron chi connectivity index (χ4n) is 4.29. The van der Waals surface area contributed by atoms with Crippen LogP contribution in [-0.2, 0) is 0 Å². The van der Waals surface area contributed by atoms with Crippen LogP contribution in [0, 0.1) is 5.92 Å². The molecular formula is C17H34N6+2. The molecule has 1 atom stereocenters. The average Bonchev–Trinajstić information content (AvgIpc) is 3.03. The number of likely N-dealkylation sites (N-methyl/N-ethyl adjacent to an activating group) is 1. The van der Waals surface area contributed by atoms with Gasteiger partial charge in [-0.3, -0.25) is 0 Å². The molecule has 1 saturated heterocycles. The molecule has 23 heavy (non-hydrogen) atoms. The van der Waals surface area contributed by atoms with E-state index >= 15 is 0 Å². The molecule has 0 amide bonds. The number of nitrogens with one attached hydrogen (secondary N) is 2. The van der Waals surface area contributed by atoms with E-state index in [0.29, 0.717) is 18.0 Å². The fraction of sp³-hybridized carbons (Fsp3) is 0.941. The number of hydrogen-bond acceptors (Lipinski definition) is 3. The van der Waals surface area contributed by atoms with Crippen molar-refractivity contribution in [1.82, 2.24) is 20.2 Å². The second-order valence-electron chi connectivity index (χ2n) is 8.07. The van der Waals surface area contributed by atoms with Gasteiger partial charge in [0.05, 0.1) is 13.1 Å². The first-order valence-electron chi connectivity index (χ1n) is 9.58. The van der Waals surface area contributed by atoms with Crippen LogP contribution in [-0.4, -0.2) is 53.4 Å². The van der Waals surface area contributed by atoms with Gasteiger partial charge < -0.3 is 9.80 Å². The quantitative estimate of drug-likeness (QED) is 0.781. The minimum atomic E-state index is 0.458. The molecule has 2 aliphatic rings. The Morgan fingerprint density at radius 3 is 2.43 bits per heavy atom. The molecule has 2 N–H and O–H groups in total. The van der Waals surface area contributed by atoms with Gasteiger partial charge in [0.1, 0.15) is 26.2 Å². The largest absolute Gasteiger partial charge is 0.328 e. The molecule has 1 saturated carbocycles. The molecule has 1 aromatic heterocycles. The number of quaternary nitrogens is 2. The van der Waals surface area contributed by atoms with Crippen molar-refractivity contribution in [2.24, 2.45) is 5.92 Å². The Bertz CT molecular complexity index is 471. The molecule has 0 unspecified atom stereocenters. The highest BCUT2D eigenvalue weighted by molar-refractivity contribution is 4.91. The highest BCUT2D eigenvalue weighted by Crippen LogP contribution is 2.29. The summed E-state index contributed by atoms with van der Waals surface area (Å²) in [6, 6.07) is 0.987. The van der Waals surface area contributed by atoms with Crippen molar-refractivity contribution >= 4 is 0 Å². The van der Waals surface area contributed by atoms with Crippen LogP contribution in [0.2, 0.25) is 0 Å². The lowest BCUT2D eigenvalue weighted by molar-refractivity contribution is -1.02. The molecule has 2 heterocycles. The zero-order valence-corrected chi connectivity index (χ0v) is 15.1. The molecule has 6 heteroatoms. The smallest absolute Gasteiger partial charge is 0.209 e. The Kier molecular flexibility index (Phi) is 5.64. The molecule has 6 nitrogen and oxygen atoms in total. The first kappa shape index (κ1) is 16.8. The lowest BCUT2D eigenvalue weighted by atomic mass is 9.94. The van der Waals surface area contributed by atoms with Gasteiger partial charge in [0.15, 0.2) is 6.04 Å². The molecule has 1 aliphatic heterocycles. The minimum absolute atomic E-state index is 0.458. The third kappa shape index (κ3) is 4.10. The highest BCUT2D eigenvalue weighted by atomic mass is 15.6. The summed E-state index contributed by atoms with van der Waals surface area (Å²) < 4.78 is 2.20. The van der Waals surface area contributed by atoms with E-state index in [1.165, 1.54) is 64.7 Å². The standard InChI is InChI=1S/C17H32N6/c1-14(2)13-16(22-11-9-21(3)10-12-22)17-18-19-20-23(17)15-7-5-4-6-8-15/h14-16H,4-13H2,1-3H3/p+2/t16-/m1/s1. The van der Waals surface area contributed by atoms with Gasteiger partial charge in [-0.1, -0.05) is 33.1 Å². The van der Waals surface area contributed by atoms with Gasteiger partial charge >= 0.3 is 0 Å². The number of nitrogens with zero attached hydrogens (tertiary/aromatic N) is 4. The van der Waals surface area contributed by atoms with Crippen LogP contribution < -0.4 is 9.80 Å². The van der Waals surface area contributed by atoms with Gasteiger partial charge in [-0.15, -0.1) is 5.10 Å². The average molecular weight is 323 g/mol. The minimum Gasteiger partial charge on any atom is -0.328 e. The van der Waals surface area contributed by atoms with Crippen LogP contribution in [0.4, 0.5) is 0 Å². The number of rotatable bonds is 5. The summed E-state index contributed by atoms with van der Waals surface area (Å²) in [6.07, 6.45) is 7.69. The second-order valence-corrected chi connectivity index (χ2v) is 8.07. The van der Waals surface area contributed by atoms with E-state index in [1.54, 1.807) is 9.80 Å². The monoisotopic (exact) mass is 322 g/mol. The maximum absolute atomic E-state index is 4.51. The van der Waals surface area contributed by atoms with Gasteiger partial charge in [-0.25, -0.2) is 4.68 Å². The van der Waals surface area contributed by atoms with Crippen LogP contribution in [0.25, 0.3) is 0 Å². The predicted octanol–water partition coefficient (Wildman–Crippen LogP) is -0.321. The lowest BCUT2D eigenvalue weighted by Gasteiger charge is -2.34. The molecule has 130 valence electrons. The zero-order chi connectivity index (χ0) is 16.2. The summed E-state index contributed by atoms with van der Waals surface area (Å²) in [5, 5.41) is 13.0. The summed E-state index contributed by atoms with van der Waals surface area (Å²) in [4.78, 5) is 3.35.